The Morgan fingerprint density at radius 2 is 1.67 bits per heavy atom. The SMILES string of the molecule is CC[N+](C)(CC)C[C@@H](O)c1ccccc1. The highest BCUT2D eigenvalue weighted by Gasteiger charge is 2.22. The van der Waals surface area contributed by atoms with Gasteiger partial charge in [-0.15, -0.1) is 0 Å². The van der Waals surface area contributed by atoms with Gasteiger partial charge in [0.1, 0.15) is 12.6 Å². The summed E-state index contributed by atoms with van der Waals surface area (Å²) >= 11 is 0. The van der Waals surface area contributed by atoms with Gasteiger partial charge in [-0.1, -0.05) is 30.3 Å². The number of nitrogens with zero attached hydrogens (tertiary/aromatic N) is 1. The van der Waals surface area contributed by atoms with Crippen molar-refractivity contribution in [1.82, 2.24) is 0 Å². The third-order valence-corrected chi connectivity index (χ3v) is 3.32. The monoisotopic (exact) mass is 208 g/mol. The van der Waals surface area contributed by atoms with E-state index in [1.807, 2.05) is 30.3 Å². The molecule has 2 heteroatoms. The molecule has 1 aromatic carbocycles. The summed E-state index contributed by atoms with van der Waals surface area (Å²) in [6.07, 6.45) is -0.351. The van der Waals surface area contributed by atoms with Crippen LogP contribution in [0.5, 0.6) is 0 Å². The van der Waals surface area contributed by atoms with Crippen molar-refractivity contribution in [2.45, 2.75) is 20.0 Å². The van der Waals surface area contributed by atoms with Crippen LogP contribution in [0.15, 0.2) is 30.3 Å². The van der Waals surface area contributed by atoms with Gasteiger partial charge in [-0.2, -0.15) is 0 Å². The fourth-order valence-electron chi connectivity index (χ4n) is 1.68. The summed E-state index contributed by atoms with van der Waals surface area (Å²) in [5.41, 5.74) is 1.02. The van der Waals surface area contributed by atoms with E-state index in [0.717, 1.165) is 29.7 Å². The van der Waals surface area contributed by atoms with Gasteiger partial charge in [-0.05, 0) is 19.4 Å². The lowest BCUT2D eigenvalue weighted by Gasteiger charge is -2.34. The lowest BCUT2D eigenvalue weighted by atomic mass is 10.1. The maximum atomic E-state index is 10.1. The number of hydrogen-bond donors (Lipinski definition) is 1. The molecule has 1 aromatic rings. The average Bonchev–Trinajstić information content (AvgIpc) is 2.30. The first kappa shape index (κ1) is 12.2. The molecular weight excluding hydrogens is 186 g/mol. The number of quaternary nitrogens is 1. The highest BCUT2D eigenvalue weighted by molar-refractivity contribution is 5.17. The molecule has 0 spiro atoms. The first-order valence-electron chi connectivity index (χ1n) is 5.68. The van der Waals surface area contributed by atoms with Crippen molar-refractivity contribution in [2.75, 3.05) is 26.7 Å². The molecular formula is C13H22NO+. The van der Waals surface area contributed by atoms with Gasteiger partial charge in [0.05, 0.1) is 20.1 Å². The molecule has 2 nitrogen and oxygen atoms in total. The summed E-state index contributed by atoms with van der Waals surface area (Å²) in [5.74, 6) is 0. The predicted octanol–water partition coefficient (Wildman–Crippen LogP) is 2.21. The molecule has 0 heterocycles. The van der Waals surface area contributed by atoms with Crippen LogP contribution in [0.25, 0.3) is 0 Å². The molecule has 15 heavy (non-hydrogen) atoms. The zero-order valence-electron chi connectivity index (χ0n) is 9.98. The minimum atomic E-state index is -0.351. The topological polar surface area (TPSA) is 20.2 Å². The van der Waals surface area contributed by atoms with Crippen LogP contribution in [-0.2, 0) is 0 Å². The largest absolute Gasteiger partial charge is 0.382 e. The summed E-state index contributed by atoms with van der Waals surface area (Å²) in [4.78, 5) is 0. The summed E-state index contributed by atoms with van der Waals surface area (Å²) in [5, 5.41) is 10.1. The molecule has 1 rings (SSSR count). The maximum absolute atomic E-state index is 10.1. The van der Waals surface area contributed by atoms with E-state index in [2.05, 4.69) is 20.9 Å². The summed E-state index contributed by atoms with van der Waals surface area (Å²) < 4.78 is 0.913. The minimum Gasteiger partial charge on any atom is -0.382 e. The normalized spacial score (nSPS) is 13.9. The zero-order valence-corrected chi connectivity index (χ0v) is 9.98. The van der Waals surface area contributed by atoms with Crippen molar-refractivity contribution in [1.29, 1.82) is 0 Å². The van der Waals surface area contributed by atoms with Crippen LogP contribution in [0.2, 0.25) is 0 Å². The van der Waals surface area contributed by atoms with Crippen LogP contribution in [0, 0.1) is 0 Å². The Morgan fingerprint density at radius 3 is 2.13 bits per heavy atom. The Hall–Kier alpha value is -0.860. The smallest absolute Gasteiger partial charge is 0.128 e. The van der Waals surface area contributed by atoms with Crippen molar-refractivity contribution >= 4 is 0 Å². The van der Waals surface area contributed by atoms with Crippen LogP contribution < -0.4 is 0 Å². The van der Waals surface area contributed by atoms with Gasteiger partial charge < -0.3 is 9.59 Å². The highest BCUT2D eigenvalue weighted by atomic mass is 16.3. The molecule has 0 saturated carbocycles. The number of aliphatic hydroxyl groups is 1. The lowest BCUT2D eigenvalue weighted by Crippen LogP contribution is -2.46. The van der Waals surface area contributed by atoms with Crippen molar-refractivity contribution in [2.24, 2.45) is 0 Å². The van der Waals surface area contributed by atoms with Gasteiger partial charge in [-0.3, -0.25) is 0 Å². The molecule has 0 saturated heterocycles. The van der Waals surface area contributed by atoms with E-state index >= 15 is 0 Å². The molecule has 0 fully saturated rings. The van der Waals surface area contributed by atoms with Gasteiger partial charge >= 0.3 is 0 Å². The number of likely N-dealkylation sites (N-methyl/N-ethyl adjacent to an activating group) is 1. The van der Waals surface area contributed by atoms with Gasteiger partial charge in [0.15, 0.2) is 0 Å². The molecule has 84 valence electrons. The molecule has 1 N–H and O–H groups in total. The van der Waals surface area contributed by atoms with Gasteiger partial charge in [0.25, 0.3) is 0 Å². The van der Waals surface area contributed by atoms with Crippen LogP contribution in [0.3, 0.4) is 0 Å². The second kappa shape index (κ2) is 5.29. The molecule has 0 unspecified atom stereocenters. The zero-order chi connectivity index (χ0) is 11.3. The minimum absolute atomic E-state index is 0.351. The third-order valence-electron chi connectivity index (χ3n) is 3.32. The fourth-order valence-corrected chi connectivity index (χ4v) is 1.68. The van der Waals surface area contributed by atoms with E-state index < -0.39 is 0 Å². The van der Waals surface area contributed by atoms with Crippen LogP contribution >= 0.6 is 0 Å². The molecule has 0 aliphatic heterocycles. The highest BCUT2D eigenvalue weighted by Crippen LogP contribution is 2.16. The second-order valence-corrected chi connectivity index (χ2v) is 4.36. The van der Waals surface area contributed by atoms with E-state index in [1.54, 1.807) is 0 Å². The summed E-state index contributed by atoms with van der Waals surface area (Å²) in [7, 11) is 2.19. The number of aliphatic hydroxyl groups excluding tert-OH is 1. The van der Waals surface area contributed by atoms with Gasteiger partial charge in [-0.25, -0.2) is 0 Å². The van der Waals surface area contributed by atoms with E-state index in [0.29, 0.717) is 0 Å². The van der Waals surface area contributed by atoms with Crippen molar-refractivity contribution in [3.8, 4) is 0 Å². The first-order valence-corrected chi connectivity index (χ1v) is 5.68. The Labute approximate surface area is 92.8 Å². The number of hydrogen-bond acceptors (Lipinski definition) is 1. The predicted molar refractivity (Wildman–Crippen MR) is 63.5 cm³/mol. The Balaban J connectivity index is 2.67. The molecule has 0 amide bonds. The molecule has 1 atom stereocenters. The number of rotatable bonds is 5. The van der Waals surface area contributed by atoms with Crippen molar-refractivity contribution < 1.29 is 9.59 Å². The molecule has 0 aromatic heterocycles. The second-order valence-electron chi connectivity index (χ2n) is 4.36. The quantitative estimate of drug-likeness (QED) is 0.736. The van der Waals surface area contributed by atoms with Crippen LogP contribution in [0.1, 0.15) is 25.5 Å². The average molecular weight is 208 g/mol. The fraction of sp³-hybridized carbons (Fsp3) is 0.538. The van der Waals surface area contributed by atoms with E-state index in [4.69, 9.17) is 0 Å². The molecule has 0 aliphatic rings. The van der Waals surface area contributed by atoms with Crippen LogP contribution in [0.4, 0.5) is 0 Å². The van der Waals surface area contributed by atoms with Crippen molar-refractivity contribution in [3.63, 3.8) is 0 Å². The Bertz CT molecular complexity index is 280. The first-order chi connectivity index (χ1) is 7.11. The maximum Gasteiger partial charge on any atom is 0.128 e. The van der Waals surface area contributed by atoms with Crippen molar-refractivity contribution in [3.05, 3.63) is 35.9 Å². The summed E-state index contributed by atoms with van der Waals surface area (Å²) in [6, 6.07) is 9.89. The van der Waals surface area contributed by atoms with Gasteiger partial charge in [0.2, 0.25) is 0 Å². The summed E-state index contributed by atoms with van der Waals surface area (Å²) in [6.45, 7) is 7.24. The molecule has 0 radical (unpaired) electrons. The Morgan fingerprint density at radius 1 is 1.13 bits per heavy atom. The third kappa shape index (κ3) is 3.33. The molecule has 0 bridgehead atoms. The van der Waals surface area contributed by atoms with Crippen LogP contribution in [-0.4, -0.2) is 36.3 Å². The Kier molecular flexibility index (Phi) is 4.30. The molecule has 0 aliphatic carbocycles. The van der Waals surface area contributed by atoms with E-state index in [9.17, 15) is 5.11 Å². The lowest BCUT2D eigenvalue weighted by molar-refractivity contribution is -0.909. The standard InChI is InChI=1S/C13H22NO/c1-4-14(3,5-2)11-13(15)12-9-7-6-8-10-12/h6-10,13,15H,4-5,11H2,1-3H3/q+1/t13-/m1/s1. The van der Waals surface area contributed by atoms with E-state index in [-0.39, 0.29) is 6.10 Å². The number of benzene rings is 1. The van der Waals surface area contributed by atoms with Gasteiger partial charge in [0, 0.05) is 0 Å². The van der Waals surface area contributed by atoms with E-state index in [1.165, 1.54) is 0 Å².